The van der Waals surface area contributed by atoms with Crippen molar-refractivity contribution in [3.63, 3.8) is 0 Å². The van der Waals surface area contributed by atoms with Crippen LogP contribution in [-0.4, -0.2) is 37.6 Å². The average molecular weight is 418 g/mol. The fraction of sp³-hybridized carbons (Fsp3) is 0.182. The second-order valence-electron chi connectivity index (χ2n) is 6.84. The number of amides is 1. The van der Waals surface area contributed by atoms with Gasteiger partial charge in [0, 0.05) is 6.20 Å². The van der Waals surface area contributed by atoms with E-state index in [1.165, 1.54) is 10.2 Å². The summed E-state index contributed by atoms with van der Waals surface area (Å²) in [7, 11) is 1.61. The summed E-state index contributed by atoms with van der Waals surface area (Å²) >= 11 is 0. The van der Waals surface area contributed by atoms with Crippen LogP contribution in [0.25, 0.3) is 0 Å². The van der Waals surface area contributed by atoms with E-state index in [0.717, 1.165) is 11.3 Å². The van der Waals surface area contributed by atoms with Gasteiger partial charge in [-0.25, -0.2) is 14.3 Å². The van der Waals surface area contributed by atoms with Crippen LogP contribution in [0.1, 0.15) is 21.6 Å². The number of hydrogen-bond acceptors (Lipinski definition) is 6. The molecule has 0 unspecified atom stereocenters. The number of benzene rings is 2. The summed E-state index contributed by atoms with van der Waals surface area (Å²) in [5, 5.41) is 11.2. The van der Waals surface area contributed by atoms with E-state index in [4.69, 9.17) is 9.47 Å². The van der Waals surface area contributed by atoms with E-state index in [2.05, 4.69) is 20.5 Å². The Bertz CT molecular complexity index is 1170. The second-order valence-corrected chi connectivity index (χ2v) is 6.84. The topological polar surface area (TPSA) is 96.1 Å². The molecule has 1 amide bonds. The number of ether oxygens (including phenoxy) is 2. The van der Waals surface area contributed by atoms with Crippen molar-refractivity contribution in [1.82, 2.24) is 24.5 Å². The van der Waals surface area contributed by atoms with Crippen LogP contribution in [0.4, 0.5) is 5.95 Å². The molecule has 0 radical (unpaired) electrons. The molecule has 0 saturated heterocycles. The molecule has 2 aromatic carbocycles. The van der Waals surface area contributed by atoms with Crippen LogP contribution in [0.3, 0.4) is 0 Å². The fourth-order valence-electron chi connectivity index (χ4n) is 2.92. The molecule has 0 aliphatic rings. The number of nitrogens with one attached hydrogen (secondary N) is 1. The molecule has 31 heavy (non-hydrogen) atoms. The normalized spacial score (nSPS) is 10.6. The lowest BCUT2D eigenvalue weighted by atomic mass is 10.1. The molecule has 0 saturated carbocycles. The standard InChI is InChI=1S/C22H22N6O3/c1-16-5-3-4-6-17(16)13-28-14-23-22(26-28)24-21(29)20-11-12-27(25-20)15-31-19-9-7-18(30-2)8-10-19/h3-12,14H,13,15H2,1-2H3,(H,24,26,29). The van der Waals surface area contributed by atoms with Gasteiger partial charge in [0.15, 0.2) is 12.4 Å². The van der Waals surface area contributed by atoms with Crippen LogP contribution in [0.15, 0.2) is 67.1 Å². The minimum Gasteiger partial charge on any atom is -0.497 e. The van der Waals surface area contributed by atoms with Crippen LogP contribution in [0, 0.1) is 6.92 Å². The number of methoxy groups -OCH3 is 1. The van der Waals surface area contributed by atoms with Gasteiger partial charge in [0.1, 0.15) is 17.8 Å². The van der Waals surface area contributed by atoms with Crippen molar-refractivity contribution in [1.29, 1.82) is 0 Å². The minimum absolute atomic E-state index is 0.170. The number of carbonyl (C=O) groups is 1. The molecule has 9 heteroatoms. The highest BCUT2D eigenvalue weighted by Gasteiger charge is 2.13. The monoisotopic (exact) mass is 418 g/mol. The molecule has 9 nitrogen and oxygen atoms in total. The number of anilines is 1. The highest BCUT2D eigenvalue weighted by molar-refractivity contribution is 6.01. The molecule has 0 fully saturated rings. The van der Waals surface area contributed by atoms with Crippen molar-refractivity contribution < 1.29 is 14.3 Å². The maximum Gasteiger partial charge on any atom is 0.278 e. The van der Waals surface area contributed by atoms with E-state index in [0.29, 0.717) is 12.3 Å². The Morgan fingerprint density at radius 2 is 1.77 bits per heavy atom. The van der Waals surface area contributed by atoms with Crippen LogP contribution in [0.5, 0.6) is 11.5 Å². The van der Waals surface area contributed by atoms with Crippen LogP contribution < -0.4 is 14.8 Å². The third-order valence-electron chi connectivity index (χ3n) is 4.65. The van der Waals surface area contributed by atoms with Gasteiger partial charge in [-0.3, -0.25) is 10.1 Å². The van der Waals surface area contributed by atoms with Gasteiger partial charge in [-0.2, -0.15) is 5.10 Å². The van der Waals surface area contributed by atoms with E-state index in [-0.39, 0.29) is 18.4 Å². The second kappa shape index (κ2) is 9.12. The van der Waals surface area contributed by atoms with Gasteiger partial charge in [0.25, 0.3) is 5.91 Å². The lowest BCUT2D eigenvalue weighted by Crippen LogP contribution is -2.15. The molecule has 1 N–H and O–H groups in total. The zero-order valence-electron chi connectivity index (χ0n) is 17.2. The Hall–Kier alpha value is -4.14. The Labute approximate surface area is 179 Å². The lowest BCUT2D eigenvalue weighted by Gasteiger charge is -2.07. The van der Waals surface area contributed by atoms with Crippen molar-refractivity contribution in [2.45, 2.75) is 20.2 Å². The molecule has 4 rings (SSSR count). The highest BCUT2D eigenvalue weighted by atomic mass is 16.5. The third-order valence-corrected chi connectivity index (χ3v) is 4.65. The number of nitrogens with zero attached hydrogens (tertiary/aromatic N) is 5. The fourth-order valence-corrected chi connectivity index (χ4v) is 2.92. The summed E-state index contributed by atoms with van der Waals surface area (Å²) in [5.74, 6) is 1.26. The predicted molar refractivity (Wildman–Crippen MR) is 114 cm³/mol. The van der Waals surface area contributed by atoms with Crippen molar-refractivity contribution in [2.24, 2.45) is 0 Å². The largest absolute Gasteiger partial charge is 0.497 e. The summed E-state index contributed by atoms with van der Waals surface area (Å²) in [5.41, 5.74) is 2.56. The quantitative estimate of drug-likeness (QED) is 0.472. The van der Waals surface area contributed by atoms with E-state index in [1.807, 2.05) is 43.3 Å². The molecule has 4 aromatic rings. The number of aryl methyl sites for hydroxylation is 1. The first-order valence-electron chi connectivity index (χ1n) is 9.66. The molecule has 0 aliphatic carbocycles. The molecule has 2 heterocycles. The summed E-state index contributed by atoms with van der Waals surface area (Å²) in [6.07, 6.45) is 3.26. The van der Waals surface area contributed by atoms with Crippen molar-refractivity contribution >= 4 is 11.9 Å². The summed E-state index contributed by atoms with van der Waals surface area (Å²) < 4.78 is 14.0. The van der Waals surface area contributed by atoms with E-state index in [9.17, 15) is 4.79 Å². The van der Waals surface area contributed by atoms with Gasteiger partial charge < -0.3 is 9.47 Å². The van der Waals surface area contributed by atoms with Crippen LogP contribution >= 0.6 is 0 Å². The zero-order valence-corrected chi connectivity index (χ0v) is 17.2. The predicted octanol–water partition coefficient (Wildman–Crippen LogP) is 3.13. The summed E-state index contributed by atoms with van der Waals surface area (Å²) in [4.78, 5) is 16.6. The van der Waals surface area contributed by atoms with Gasteiger partial charge >= 0.3 is 0 Å². The Kier molecular flexibility index (Phi) is 5.93. The van der Waals surface area contributed by atoms with E-state index in [1.54, 1.807) is 42.5 Å². The maximum absolute atomic E-state index is 12.5. The number of aromatic nitrogens is 5. The van der Waals surface area contributed by atoms with Gasteiger partial charge in [-0.1, -0.05) is 24.3 Å². The van der Waals surface area contributed by atoms with Gasteiger partial charge in [0.05, 0.1) is 13.7 Å². The maximum atomic E-state index is 12.5. The first kappa shape index (κ1) is 20.1. The van der Waals surface area contributed by atoms with Gasteiger partial charge in [-0.05, 0) is 48.4 Å². The van der Waals surface area contributed by atoms with Gasteiger partial charge in [-0.15, -0.1) is 5.10 Å². The highest BCUT2D eigenvalue weighted by Crippen LogP contribution is 2.17. The summed E-state index contributed by atoms with van der Waals surface area (Å²) in [6.45, 7) is 2.79. The van der Waals surface area contributed by atoms with Gasteiger partial charge in [0.2, 0.25) is 5.95 Å². The zero-order chi connectivity index (χ0) is 21.6. The van der Waals surface area contributed by atoms with Crippen molar-refractivity contribution in [3.8, 4) is 11.5 Å². The average Bonchev–Trinajstić information content (AvgIpc) is 3.44. The third kappa shape index (κ3) is 5.08. The molecular formula is C22H22N6O3. The van der Waals surface area contributed by atoms with Crippen molar-refractivity contribution in [3.05, 3.63) is 83.9 Å². The first-order valence-corrected chi connectivity index (χ1v) is 9.66. The summed E-state index contributed by atoms with van der Waals surface area (Å²) in [6, 6.07) is 16.9. The molecule has 158 valence electrons. The molecule has 0 atom stereocenters. The molecule has 0 bridgehead atoms. The Morgan fingerprint density at radius 1 is 1.00 bits per heavy atom. The number of rotatable bonds is 8. The molecule has 0 aliphatic heterocycles. The smallest absolute Gasteiger partial charge is 0.278 e. The molecular weight excluding hydrogens is 396 g/mol. The van der Waals surface area contributed by atoms with E-state index < -0.39 is 5.91 Å². The van der Waals surface area contributed by atoms with Crippen LogP contribution in [-0.2, 0) is 13.3 Å². The Morgan fingerprint density at radius 3 is 2.55 bits per heavy atom. The Balaban J connectivity index is 1.32. The number of carbonyl (C=O) groups excluding carboxylic acids is 1. The molecule has 2 aromatic heterocycles. The first-order chi connectivity index (χ1) is 15.1. The van der Waals surface area contributed by atoms with Crippen molar-refractivity contribution in [2.75, 3.05) is 12.4 Å². The minimum atomic E-state index is -0.392. The number of hydrogen-bond donors (Lipinski definition) is 1. The van der Waals surface area contributed by atoms with E-state index >= 15 is 0 Å². The van der Waals surface area contributed by atoms with Crippen LogP contribution in [0.2, 0.25) is 0 Å². The molecule has 0 spiro atoms. The lowest BCUT2D eigenvalue weighted by molar-refractivity contribution is 0.101. The SMILES string of the molecule is COc1ccc(OCn2ccc(C(=O)Nc3ncn(Cc4ccccc4C)n3)n2)cc1.